The van der Waals surface area contributed by atoms with Gasteiger partial charge in [-0.2, -0.15) is 0 Å². The first-order valence-corrected chi connectivity index (χ1v) is 13.4. The van der Waals surface area contributed by atoms with E-state index in [-0.39, 0.29) is 17.7 Å². The molecule has 0 bridgehead atoms. The van der Waals surface area contributed by atoms with Gasteiger partial charge in [0.15, 0.2) is 17.0 Å². The van der Waals surface area contributed by atoms with Crippen molar-refractivity contribution in [2.75, 3.05) is 32.8 Å². The minimum atomic E-state index is -1.15. The largest absolute Gasteiger partial charge is 0.461 e. The Morgan fingerprint density at radius 1 is 1.06 bits per heavy atom. The third kappa shape index (κ3) is 5.30. The molecule has 2 N–H and O–H groups in total. The summed E-state index contributed by atoms with van der Waals surface area (Å²) in [6, 6.07) is 5.30. The van der Waals surface area contributed by atoms with Crippen LogP contribution in [0.2, 0.25) is 0 Å². The van der Waals surface area contributed by atoms with Gasteiger partial charge in [-0.25, -0.2) is 4.39 Å². The number of esters is 1. The zero-order chi connectivity index (χ0) is 25.1. The van der Waals surface area contributed by atoms with Gasteiger partial charge in [0.2, 0.25) is 0 Å². The number of carbonyl (C=O) groups is 2. The number of benzene rings is 1. The average Bonchev–Trinajstić information content (AvgIpc) is 3.40. The summed E-state index contributed by atoms with van der Waals surface area (Å²) in [5.74, 6) is -0.404. The van der Waals surface area contributed by atoms with Gasteiger partial charge in [0.1, 0.15) is 0 Å². The molecule has 0 spiro atoms. The fraction of sp³-hybridized carbons (Fsp3) is 0.643. The van der Waals surface area contributed by atoms with Crippen LogP contribution in [-0.2, 0) is 19.1 Å². The first-order valence-electron chi connectivity index (χ1n) is 13.4. The summed E-state index contributed by atoms with van der Waals surface area (Å²) in [5.41, 5.74) is 6.13. The number of hydrogen-bond donors (Lipinski definition) is 1. The minimum Gasteiger partial charge on any atom is -0.461 e. The maximum Gasteiger partial charge on any atom is 0.310 e. The van der Waals surface area contributed by atoms with Crippen molar-refractivity contribution in [3.8, 4) is 0 Å². The van der Waals surface area contributed by atoms with Gasteiger partial charge in [-0.1, -0.05) is 6.07 Å². The minimum absolute atomic E-state index is 0.199. The Balaban J connectivity index is 1.08. The van der Waals surface area contributed by atoms with Gasteiger partial charge < -0.3 is 24.5 Å². The first kappa shape index (κ1) is 25.2. The topological polar surface area (TPSA) is 95.0 Å². The van der Waals surface area contributed by atoms with Crippen LogP contribution in [0.15, 0.2) is 28.9 Å². The van der Waals surface area contributed by atoms with Crippen molar-refractivity contribution < 1.29 is 27.9 Å². The highest BCUT2D eigenvalue weighted by Gasteiger charge is 2.45. The van der Waals surface area contributed by atoms with E-state index in [1.807, 2.05) is 12.1 Å². The number of carbonyl (C=O) groups excluding carboxylic acids is 2. The molecule has 1 aromatic carbocycles. The molecule has 36 heavy (non-hydrogen) atoms. The van der Waals surface area contributed by atoms with Crippen molar-refractivity contribution >= 4 is 22.8 Å². The van der Waals surface area contributed by atoms with E-state index >= 15 is 0 Å². The molecular weight excluding hydrogens is 463 g/mol. The molecule has 2 aromatic rings. The number of primary amides is 1. The third-order valence-electron chi connectivity index (χ3n) is 8.70. The SMILES string of the molecule is NC(=O)C1(OC(=O)C2CCOCC2)CCC(CCN2CCC(c3ccc(F)c4occc34)CC2)CC1. The number of piperidine rings is 1. The number of nitrogens with two attached hydrogens (primary N) is 1. The van der Waals surface area contributed by atoms with Crippen LogP contribution in [0.25, 0.3) is 11.0 Å². The van der Waals surface area contributed by atoms with Crippen LogP contribution in [0.5, 0.6) is 0 Å². The highest BCUT2D eigenvalue weighted by molar-refractivity contribution is 5.87. The highest BCUT2D eigenvalue weighted by Crippen LogP contribution is 2.39. The molecule has 3 aliphatic rings. The van der Waals surface area contributed by atoms with E-state index in [0.29, 0.717) is 56.3 Å². The summed E-state index contributed by atoms with van der Waals surface area (Å²) in [4.78, 5) is 27.5. The van der Waals surface area contributed by atoms with E-state index in [1.54, 1.807) is 6.26 Å². The summed E-state index contributed by atoms with van der Waals surface area (Å²) in [6.45, 7) is 4.16. The third-order valence-corrected chi connectivity index (χ3v) is 8.70. The second-order valence-electron chi connectivity index (χ2n) is 10.8. The lowest BCUT2D eigenvalue weighted by Gasteiger charge is -2.39. The maximum absolute atomic E-state index is 14.0. The van der Waals surface area contributed by atoms with Crippen LogP contribution >= 0.6 is 0 Å². The van der Waals surface area contributed by atoms with Gasteiger partial charge in [0.05, 0.1) is 12.2 Å². The number of ether oxygens (including phenoxy) is 2. The summed E-state index contributed by atoms with van der Waals surface area (Å²) in [6.07, 6.45) is 8.70. The molecule has 2 saturated heterocycles. The Morgan fingerprint density at radius 3 is 2.47 bits per heavy atom. The fourth-order valence-corrected chi connectivity index (χ4v) is 6.28. The van der Waals surface area contributed by atoms with Crippen LogP contribution in [0.1, 0.15) is 69.3 Å². The summed E-state index contributed by atoms with van der Waals surface area (Å²) in [5, 5.41) is 0.895. The molecule has 5 rings (SSSR count). The lowest BCUT2D eigenvalue weighted by Crippen LogP contribution is -2.51. The van der Waals surface area contributed by atoms with Crippen LogP contribution in [0.3, 0.4) is 0 Å². The molecule has 3 fully saturated rings. The standard InChI is InChI=1S/C28H37FN2O5/c29-24-2-1-22(23-10-18-35-25(23)24)20-6-14-31(15-7-20)13-5-19-3-11-28(12-4-19,27(30)33)36-26(32)21-8-16-34-17-9-21/h1-2,10,18-21H,3-9,11-17H2,(H2,30,33). The second-order valence-corrected chi connectivity index (χ2v) is 10.8. The molecule has 1 aliphatic carbocycles. The molecule has 1 aromatic heterocycles. The van der Waals surface area contributed by atoms with E-state index < -0.39 is 11.5 Å². The maximum atomic E-state index is 14.0. The Hall–Kier alpha value is -2.45. The zero-order valence-corrected chi connectivity index (χ0v) is 20.9. The molecule has 1 amide bonds. The molecule has 196 valence electrons. The number of likely N-dealkylation sites (tertiary alicyclic amines) is 1. The van der Waals surface area contributed by atoms with Gasteiger partial charge >= 0.3 is 5.97 Å². The lowest BCUT2D eigenvalue weighted by atomic mass is 9.76. The second kappa shape index (κ2) is 10.9. The van der Waals surface area contributed by atoms with Crippen LogP contribution in [0, 0.1) is 17.7 Å². The molecule has 2 aliphatic heterocycles. The fourth-order valence-electron chi connectivity index (χ4n) is 6.28. The molecule has 0 radical (unpaired) electrons. The summed E-state index contributed by atoms with van der Waals surface area (Å²) in [7, 11) is 0. The van der Waals surface area contributed by atoms with E-state index in [2.05, 4.69) is 4.90 Å². The molecule has 1 saturated carbocycles. The molecule has 3 heterocycles. The van der Waals surface area contributed by atoms with Gasteiger partial charge in [-0.05, 0) is 107 Å². The number of halogens is 1. The number of hydrogen-bond acceptors (Lipinski definition) is 6. The smallest absolute Gasteiger partial charge is 0.310 e. The molecule has 0 atom stereocenters. The van der Waals surface area contributed by atoms with Crippen molar-refractivity contribution in [2.45, 2.75) is 69.3 Å². The Labute approximate surface area is 211 Å². The van der Waals surface area contributed by atoms with Crippen molar-refractivity contribution in [2.24, 2.45) is 17.6 Å². The Morgan fingerprint density at radius 2 is 1.78 bits per heavy atom. The van der Waals surface area contributed by atoms with E-state index in [4.69, 9.17) is 19.6 Å². The predicted molar refractivity (Wildman–Crippen MR) is 133 cm³/mol. The Bertz CT molecular complexity index is 1060. The van der Waals surface area contributed by atoms with Crippen LogP contribution in [-0.4, -0.2) is 55.2 Å². The zero-order valence-electron chi connectivity index (χ0n) is 20.9. The van der Waals surface area contributed by atoms with Gasteiger partial charge in [0.25, 0.3) is 5.91 Å². The van der Waals surface area contributed by atoms with Gasteiger partial charge in [-0.15, -0.1) is 0 Å². The number of fused-ring (bicyclic) bond motifs is 1. The summed E-state index contributed by atoms with van der Waals surface area (Å²) >= 11 is 0. The quantitative estimate of drug-likeness (QED) is 0.562. The molecule has 8 heteroatoms. The summed E-state index contributed by atoms with van der Waals surface area (Å²) < 4.78 is 30.5. The van der Waals surface area contributed by atoms with Crippen LogP contribution < -0.4 is 5.73 Å². The van der Waals surface area contributed by atoms with E-state index in [0.717, 1.165) is 57.1 Å². The predicted octanol–water partition coefficient (Wildman–Crippen LogP) is 4.53. The normalized spacial score (nSPS) is 26.8. The van der Waals surface area contributed by atoms with E-state index in [1.165, 1.54) is 11.6 Å². The van der Waals surface area contributed by atoms with Gasteiger partial charge in [0, 0.05) is 18.6 Å². The Kier molecular flexibility index (Phi) is 7.62. The highest BCUT2D eigenvalue weighted by atomic mass is 19.1. The lowest BCUT2D eigenvalue weighted by molar-refractivity contribution is -0.178. The first-order chi connectivity index (χ1) is 17.4. The average molecular weight is 501 g/mol. The van der Waals surface area contributed by atoms with Crippen molar-refractivity contribution in [1.82, 2.24) is 4.90 Å². The van der Waals surface area contributed by atoms with Crippen LogP contribution in [0.4, 0.5) is 4.39 Å². The molecule has 0 unspecified atom stereocenters. The van der Waals surface area contributed by atoms with Crippen molar-refractivity contribution in [3.63, 3.8) is 0 Å². The van der Waals surface area contributed by atoms with Crippen molar-refractivity contribution in [1.29, 1.82) is 0 Å². The number of rotatable bonds is 7. The van der Waals surface area contributed by atoms with E-state index in [9.17, 15) is 14.0 Å². The number of furan rings is 1. The van der Waals surface area contributed by atoms with Gasteiger partial charge in [-0.3, -0.25) is 9.59 Å². The number of amides is 1. The molecule has 7 nitrogen and oxygen atoms in total. The number of nitrogens with zero attached hydrogens (tertiary/aromatic N) is 1. The monoisotopic (exact) mass is 500 g/mol. The van der Waals surface area contributed by atoms with Crippen molar-refractivity contribution in [3.05, 3.63) is 35.8 Å². The molecular formula is C28H37FN2O5.